The molecule has 3 heteroatoms. The van der Waals surface area contributed by atoms with Gasteiger partial charge < -0.3 is 0 Å². The molecule has 0 aliphatic carbocycles. The van der Waals surface area contributed by atoms with Crippen molar-refractivity contribution in [2.75, 3.05) is 6.54 Å². The summed E-state index contributed by atoms with van der Waals surface area (Å²) in [7, 11) is 0. The molecule has 1 aromatic rings. The van der Waals surface area contributed by atoms with Gasteiger partial charge in [-0.3, -0.25) is 9.88 Å². The number of piperidine rings is 1. The number of hydrogen-bond acceptors (Lipinski definition) is 2. The molecule has 1 aliphatic heterocycles. The van der Waals surface area contributed by atoms with E-state index >= 15 is 0 Å². The van der Waals surface area contributed by atoms with Gasteiger partial charge in [0.2, 0.25) is 0 Å². The smallest absolute Gasteiger partial charge is 0.0544 e. The van der Waals surface area contributed by atoms with Crippen LogP contribution in [-0.4, -0.2) is 22.5 Å². The van der Waals surface area contributed by atoms with Crippen molar-refractivity contribution in [1.82, 2.24) is 9.88 Å². The molecule has 2 heterocycles. The maximum atomic E-state index is 4.44. The second kappa shape index (κ2) is 5.28. The van der Waals surface area contributed by atoms with Crippen molar-refractivity contribution in [3.05, 3.63) is 28.5 Å². The van der Waals surface area contributed by atoms with Gasteiger partial charge >= 0.3 is 0 Å². The van der Waals surface area contributed by atoms with Crippen LogP contribution < -0.4 is 0 Å². The molecule has 2 atom stereocenters. The third kappa shape index (κ3) is 2.83. The van der Waals surface area contributed by atoms with E-state index < -0.39 is 0 Å². The predicted molar refractivity (Wildman–Crippen MR) is 70.2 cm³/mol. The van der Waals surface area contributed by atoms with Gasteiger partial charge in [-0.15, -0.1) is 0 Å². The Balaban J connectivity index is 2.00. The average Bonchev–Trinajstić information content (AvgIpc) is 2.28. The molecule has 16 heavy (non-hydrogen) atoms. The summed E-state index contributed by atoms with van der Waals surface area (Å²) in [5.74, 6) is 0.809. The topological polar surface area (TPSA) is 16.1 Å². The molecule has 2 nitrogen and oxygen atoms in total. The molecule has 0 saturated carbocycles. The first kappa shape index (κ1) is 12.1. The van der Waals surface area contributed by atoms with Crippen molar-refractivity contribution < 1.29 is 0 Å². The number of rotatable bonds is 2. The van der Waals surface area contributed by atoms with Crippen LogP contribution in [0.3, 0.4) is 0 Å². The fourth-order valence-electron chi connectivity index (χ4n) is 2.35. The standard InChI is InChI=1S/C13H19BrN2/c1-10-4-3-7-16(11(10)2)9-13-6-5-12(14)8-15-13/h5-6,8,10-11H,3-4,7,9H2,1-2H3. The van der Waals surface area contributed by atoms with Crippen LogP contribution in [0.1, 0.15) is 32.4 Å². The first-order valence-corrected chi connectivity index (χ1v) is 6.80. The van der Waals surface area contributed by atoms with Crippen molar-refractivity contribution >= 4 is 15.9 Å². The highest BCUT2D eigenvalue weighted by Crippen LogP contribution is 2.24. The van der Waals surface area contributed by atoms with Gasteiger partial charge in [0, 0.05) is 23.3 Å². The van der Waals surface area contributed by atoms with Gasteiger partial charge in [-0.05, 0) is 60.3 Å². The lowest BCUT2D eigenvalue weighted by Gasteiger charge is -2.37. The summed E-state index contributed by atoms with van der Waals surface area (Å²) in [5, 5.41) is 0. The lowest BCUT2D eigenvalue weighted by Crippen LogP contribution is -2.41. The predicted octanol–water partition coefficient (Wildman–Crippen LogP) is 3.46. The number of likely N-dealkylation sites (tertiary alicyclic amines) is 1. The fraction of sp³-hybridized carbons (Fsp3) is 0.615. The molecule has 0 aromatic carbocycles. The first-order valence-electron chi connectivity index (χ1n) is 6.01. The van der Waals surface area contributed by atoms with Crippen molar-refractivity contribution in [3.8, 4) is 0 Å². The van der Waals surface area contributed by atoms with Crippen molar-refractivity contribution in [1.29, 1.82) is 0 Å². The Morgan fingerprint density at radius 3 is 2.94 bits per heavy atom. The number of aromatic nitrogens is 1. The Labute approximate surface area is 106 Å². The van der Waals surface area contributed by atoms with E-state index in [-0.39, 0.29) is 0 Å². The van der Waals surface area contributed by atoms with E-state index in [9.17, 15) is 0 Å². The first-order chi connectivity index (χ1) is 7.66. The molecule has 2 rings (SSSR count). The number of hydrogen-bond donors (Lipinski definition) is 0. The molecule has 1 saturated heterocycles. The Morgan fingerprint density at radius 1 is 1.44 bits per heavy atom. The molecule has 0 amide bonds. The third-order valence-corrected chi connectivity index (χ3v) is 4.13. The molecular formula is C13H19BrN2. The van der Waals surface area contributed by atoms with Gasteiger partial charge in [-0.1, -0.05) is 6.92 Å². The maximum Gasteiger partial charge on any atom is 0.0544 e. The minimum absolute atomic E-state index is 0.680. The molecular weight excluding hydrogens is 264 g/mol. The van der Waals surface area contributed by atoms with Crippen LogP contribution in [0.25, 0.3) is 0 Å². The Hall–Kier alpha value is -0.410. The molecule has 1 fully saturated rings. The molecule has 1 aliphatic rings. The SMILES string of the molecule is CC1CCCN(Cc2ccc(Br)cn2)C1C. The minimum atomic E-state index is 0.680. The molecule has 0 bridgehead atoms. The number of pyridine rings is 1. The van der Waals surface area contributed by atoms with Crippen LogP contribution in [0.15, 0.2) is 22.8 Å². The molecule has 1 aromatic heterocycles. The van der Waals surface area contributed by atoms with Crippen molar-refractivity contribution in [2.24, 2.45) is 5.92 Å². The summed E-state index contributed by atoms with van der Waals surface area (Å²) < 4.78 is 1.05. The Kier molecular flexibility index (Phi) is 3.98. The quantitative estimate of drug-likeness (QED) is 0.826. The highest BCUT2D eigenvalue weighted by atomic mass is 79.9. The highest BCUT2D eigenvalue weighted by Gasteiger charge is 2.24. The van der Waals surface area contributed by atoms with Crippen LogP contribution in [-0.2, 0) is 6.54 Å². The number of halogens is 1. The van der Waals surface area contributed by atoms with E-state index in [2.05, 4.69) is 51.8 Å². The van der Waals surface area contributed by atoms with E-state index in [0.29, 0.717) is 6.04 Å². The van der Waals surface area contributed by atoms with Gasteiger partial charge in [-0.2, -0.15) is 0 Å². The van der Waals surface area contributed by atoms with Crippen molar-refractivity contribution in [2.45, 2.75) is 39.3 Å². The summed E-state index contributed by atoms with van der Waals surface area (Å²) in [6.07, 6.45) is 4.57. The molecule has 0 radical (unpaired) electrons. The summed E-state index contributed by atoms with van der Waals surface area (Å²) in [5.41, 5.74) is 1.17. The number of nitrogens with zero attached hydrogens (tertiary/aromatic N) is 2. The van der Waals surface area contributed by atoms with Gasteiger partial charge in [-0.25, -0.2) is 0 Å². The Bertz CT molecular complexity index is 336. The van der Waals surface area contributed by atoms with E-state index in [1.165, 1.54) is 25.1 Å². The van der Waals surface area contributed by atoms with Crippen LogP contribution in [0.2, 0.25) is 0 Å². The van der Waals surface area contributed by atoms with E-state index in [4.69, 9.17) is 0 Å². The van der Waals surface area contributed by atoms with Crippen LogP contribution in [0.5, 0.6) is 0 Å². The molecule has 0 N–H and O–H groups in total. The maximum absolute atomic E-state index is 4.44. The molecule has 2 unspecified atom stereocenters. The molecule has 88 valence electrons. The van der Waals surface area contributed by atoms with E-state index in [1.54, 1.807) is 0 Å². The highest BCUT2D eigenvalue weighted by molar-refractivity contribution is 9.10. The third-order valence-electron chi connectivity index (χ3n) is 3.66. The summed E-state index contributed by atoms with van der Waals surface area (Å²) in [4.78, 5) is 6.99. The lowest BCUT2D eigenvalue weighted by atomic mass is 9.92. The van der Waals surface area contributed by atoms with E-state index in [0.717, 1.165) is 16.9 Å². The Morgan fingerprint density at radius 2 is 2.25 bits per heavy atom. The average molecular weight is 283 g/mol. The summed E-state index contributed by atoms with van der Waals surface area (Å²) >= 11 is 3.42. The second-order valence-electron chi connectivity index (χ2n) is 4.80. The summed E-state index contributed by atoms with van der Waals surface area (Å²) in [6, 6.07) is 4.86. The molecule has 0 spiro atoms. The van der Waals surface area contributed by atoms with Crippen molar-refractivity contribution in [3.63, 3.8) is 0 Å². The largest absolute Gasteiger partial charge is 0.295 e. The minimum Gasteiger partial charge on any atom is -0.295 e. The van der Waals surface area contributed by atoms with Gasteiger partial charge in [0.25, 0.3) is 0 Å². The van der Waals surface area contributed by atoms with Crippen LogP contribution in [0.4, 0.5) is 0 Å². The van der Waals surface area contributed by atoms with Gasteiger partial charge in [0.15, 0.2) is 0 Å². The van der Waals surface area contributed by atoms with Crippen LogP contribution in [0, 0.1) is 5.92 Å². The lowest BCUT2D eigenvalue weighted by molar-refractivity contribution is 0.105. The van der Waals surface area contributed by atoms with Gasteiger partial charge in [0.05, 0.1) is 5.69 Å². The zero-order valence-electron chi connectivity index (χ0n) is 9.99. The zero-order chi connectivity index (χ0) is 11.5. The van der Waals surface area contributed by atoms with Gasteiger partial charge in [0.1, 0.15) is 0 Å². The van der Waals surface area contributed by atoms with Crippen LogP contribution >= 0.6 is 15.9 Å². The second-order valence-corrected chi connectivity index (χ2v) is 5.71. The zero-order valence-corrected chi connectivity index (χ0v) is 11.6. The normalized spacial score (nSPS) is 26.9. The van der Waals surface area contributed by atoms with E-state index in [1.807, 2.05) is 6.20 Å². The monoisotopic (exact) mass is 282 g/mol. The fourth-order valence-corrected chi connectivity index (χ4v) is 2.59. The summed E-state index contributed by atoms with van der Waals surface area (Å²) in [6.45, 7) is 6.89.